The number of methoxy groups -OCH3 is 1. The maximum Gasteiger partial charge on any atom is 0.229 e. The molecule has 1 saturated heterocycles. The summed E-state index contributed by atoms with van der Waals surface area (Å²) in [4.78, 5) is 21.7. The second kappa shape index (κ2) is 8.08. The molecule has 0 amide bonds. The average molecular weight is 394 g/mol. The molecule has 2 aromatic heterocycles. The van der Waals surface area contributed by atoms with Gasteiger partial charge in [-0.25, -0.2) is 5.10 Å². The molecule has 0 spiro atoms. The molecule has 1 N–H and O–H groups in total. The molecule has 152 valence electrons. The van der Waals surface area contributed by atoms with Crippen LogP contribution in [0.2, 0.25) is 0 Å². The molecular formula is C21H26N6O2. The Hall–Kier alpha value is -3.13. The maximum absolute atomic E-state index is 13.0. The molecule has 1 aromatic carbocycles. The van der Waals surface area contributed by atoms with Gasteiger partial charge < -0.3 is 9.64 Å². The van der Waals surface area contributed by atoms with E-state index in [9.17, 15) is 4.79 Å². The number of ketones is 1. The molecule has 29 heavy (non-hydrogen) atoms. The van der Waals surface area contributed by atoms with Crippen molar-refractivity contribution in [3.05, 3.63) is 53.6 Å². The normalized spacial score (nSPS) is 14.9. The number of piperazine rings is 1. The van der Waals surface area contributed by atoms with Crippen LogP contribution in [0.25, 0.3) is 5.95 Å². The van der Waals surface area contributed by atoms with Gasteiger partial charge in [0.15, 0.2) is 5.78 Å². The van der Waals surface area contributed by atoms with Gasteiger partial charge in [0.05, 0.1) is 19.3 Å². The summed E-state index contributed by atoms with van der Waals surface area (Å²) in [7, 11) is 1.70. The van der Waals surface area contributed by atoms with Gasteiger partial charge >= 0.3 is 0 Å². The second-order valence-corrected chi connectivity index (χ2v) is 7.29. The van der Waals surface area contributed by atoms with Gasteiger partial charge in [-0.15, -0.1) is 0 Å². The summed E-state index contributed by atoms with van der Waals surface area (Å²) in [5.74, 6) is 1.65. The van der Waals surface area contributed by atoms with E-state index in [0.717, 1.165) is 54.6 Å². The van der Waals surface area contributed by atoms with Crippen molar-refractivity contribution >= 4 is 11.5 Å². The second-order valence-electron chi connectivity index (χ2n) is 7.29. The van der Waals surface area contributed by atoms with Crippen LogP contribution in [0.4, 0.5) is 5.69 Å². The predicted molar refractivity (Wildman–Crippen MR) is 111 cm³/mol. The molecule has 0 atom stereocenters. The number of para-hydroxylation sites is 2. The van der Waals surface area contributed by atoms with Crippen molar-refractivity contribution < 1.29 is 9.53 Å². The van der Waals surface area contributed by atoms with Gasteiger partial charge in [-0.05, 0) is 32.0 Å². The lowest BCUT2D eigenvalue weighted by atomic mass is 10.1. The number of aromatic nitrogens is 4. The van der Waals surface area contributed by atoms with Gasteiger partial charge in [0.2, 0.25) is 5.95 Å². The smallest absolute Gasteiger partial charge is 0.229 e. The van der Waals surface area contributed by atoms with Crippen molar-refractivity contribution in [2.24, 2.45) is 0 Å². The number of benzene rings is 1. The fourth-order valence-electron chi connectivity index (χ4n) is 4.00. The number of carbonyl (C=O) groups excluding carboxylic acids is 1. The van der Waals surface area contributed by atoms with Crippen molar-refractivity contribution in [3.8, 4) is 11.7 Å². The topological polar surface area (TPSA) is 79.3 Å². The Kier molecular flexibility index (Phi) is 5.35. The molecular weight excluding hydrogens is 368 g/mol. The van der Waals surface area contributed by atoms with E-state index in [0.29, 0.717) is 12.5 Å². The highest BCUT2D eigenvalue weighted by atomic mass is 16.5. The third kappa shape index (κ3) is 3.75. The first kappa shape index (κ1) is 19.2. The number of anilines is 1. The van der Waals surface area contributed by atoms with Crippen LogP contribution in [0, 0.1) is 13.8 Å². The number of hydrogen-bond donors (Lipinski definition) is 1. The Labute approximate surface area is 170 Å². The summed E-state index contributed by atoms with van der Waals surface area (Å²) < 4.78 is 7.41. The van der Waals surface area contributed by atoms with E-state index in [1.165, 1.54) is 6.33 Å². The first-order valence-corrected chi connectivity index (χ1v) is 9.76. The molecule has 1 aliphatic rings. The van der Waals surface area contributed by atoms with Crippen LogP contribution in [-0.4, -0.2) is 70.3 Å². The van der Waals surface area contributed by atoms with Crippen LogP contribution in [0.5, 0.6) is 5.75 Å². The van der Waals surface area contributed by atoms with Crippen LogP contribution in [-0.2, 0) is 0 Å². The highest BCUT2D eigenvalue weighted by Crippen LogP contribution is 2.28. The Morgan fingerprint density at radius 3 is 2.62 bits per heavy atom. The van der Waals surface area contributed by atoms with Crippen molar-refractivity contribution in [2.45, 2.75) is 13.8 Å². The predicted octanol–water partition coefficient (Wildman–Crippen LogP) is 2.23. The number of carbonyl (C=O) groups is 1. The number of Topliss-reactive ketones (excluding diaryl/α,β-unsaturated/α-hetero) is 1. The lowest BCUT2D eigenvalue weighted by molar-refractivity contribution is 0.0925. The van der Waals surface area contributed by atoms with Gasteiger partial charge in [-0.3, -0.25) is 14.3 Å². The fourth-order valence-corrected chi connectivity index (χ4v) is 4.00. The largest absolute Gasteiger partial charge is 0.495 e. The monoisotopic (exact) mass is 394 g/mol. The van der Waals surface area contributed by atoms with E-state index in [1.807, 2.05) is 42.7 Å². The molecule has 0 aliphatic carbocycles. The minimum atomic E-state index is 0.134. The van der Waals surface area contributed by atoms with E-state index >= 15 is 0 Å². The van der Waals surface area contributed by atoms with E-state index < -0.39 is 0 Å². The number of aryl methyl sites for hydroxylation is 1. The van der Waals surface area contributed by atoms with Crippen LogP contribution < -0.4 is 9.64 Å². The quantitative estimate of drug-likeness (QED) is 0.646. The number of nitrogens with zero attached hydrogens (tertiary/aromatic N) is 5. The van der Waals surface area contributed by atoms with Gasteiger partial charge in [0.1, 0.15) is 12.1 Å². The van der Waals surface area contributed by atoms with Crippen molar-refractivity contribution in [1.29, 1.82) is 0 Å². The van der Waals surface area contributed by atoms with Gasteiger partial charge in [0.25, 0.3) is 0 Å². The third-order valence-electron chi connectivity index (χ3n) is 5.51. The summed E-state index contributed by atoms with van der Waals surface area (Å²) in [5.41, 5.74) is 3.70. The lowest BCUT2D eigenvalue weighted by Gasteiger charge is -2.36. The van der Waals surface area contributed by atoms with E-state index in [4.69, 9.17) is 4.74 Å². The molecule has 0 bridgehead atoms. The van der Waals surface area contributed by atoms with E-state index in [2.05, 4.69) is 31.0 Å². The average Bonchev–Trinajstić information content (AvgIpc) is 3.36. The summed E-state index contributed by atoms with van der Waals surface area (Å²) in [6.07, 6.45) is 1.47. The van der Waals surface area contributed by atoms with Crippen LogP contribution in [0.15, 0.2) is 36.7 Å². The minimum absolute atomic E-state index is 0.134. The molecule has 3 aromatic rings. The lowest BCUT2D eigenvalue weighted by Crippen LogP contribution is -2.48. The van der Waals surface area contributed by atoms with Crippen molar-refractivity contribution in [3.63, 3.8) is 0 Å². The van der Waals surface area contributed by atoms with E-state index in [-0.39, 0.29) is 5.78 Å². The molecule has 1 aliphatic heterocycles. The Morgan fingerprint density at radius 2 is 1.93 bits per heavy atom. The van der Waals surface area contributed by atoms with Crippen LogP contribution in [0.3, 0.4) is 0 Å². The van der Waals surface area contributed by atoms with Gasteiger partial charge in [-0.2, -0.15) is 10.1 Å². The van der Waals surface area contributed by atoms with E-state index in [1.54, 1.807) is 7.11 Å². The fraction of sp³-hybridized carbons (Fsp3) is 0.381. The standard InChI is InChI=1S/C21H26N6O2/c1-15-12-17(16(2)27(15)21-22-14-23-24-21)19(28)13-25-8-10-26(11-9-25)18-6-4-5-7-20(18)29-3/h4-7,12,14H,8-11,13H2,1-3H3,(H,22,23,24). The molecule has 0 radical (unpaired) electrons. The number of H-pyrrole nitrogens is 1. The molecule has 0 unspecified atom stereocenters. The highest BCUT2D eigenvalue weighted by molar-refractivity contribution is 5.99. The number of aromatic amines is 1. The zero-order valence-electron chi connectivity index (χ0n) is 17.1. The molecule has 1 fully saturated rings. The summed E-state index contributed by atoms with van der Waals surface area (Å²) >= 11 is 0. The molecule has 4 rings (SSSR count). The van der Waals surface area contributed by atoms with Crippen LogP contribution >= 0.6 is 0 Å². The highest BCUT2D eigenvalue weighted by Gasteiger charge is 2.24. The van der Waals surface area contributed by atoms with Crippen molar-refractivity contribution in [2.75, 3.05) is 44.7 Å². The summed E-state index contributed by atoms with van der Waals surface area (Å²) in [5, 5.41) is 6.77. The summed E-state index contributed by atoms with van der Waals surface area (Å²) in [6, 6.07) is 10.0. The van der Waals surface area contributed by atoms with Gasteiger partial charge in [-0.1, -0.05) is 12.1 Å². The Balaban J connectivity index is 1.41. The maximum atomic E-state index is 13.0. The molecule has 8 nitrogen and oxygen atoms in total. The Morgan fingerprint density at radius 1 is 1.17 bits per heavy atom. The SMILES string of the molecule is COc1ccccc1N1CCN(CC(=O)c2cc(C)n(-c3ncn[nH]3)c2C)CC1. The first-order chi connectivity index (χ1) is 14.1. The first-order valence-electron chi connectivity index (χ1n) is 9.76. The van der Waals surface area contributed by atoms with Gasteiger partial charge in [0, 0.05) is 43.1 Å². The zero-order chi connectivity index (χ0) is 20.4. The zero-order valence-corrected chi connectivity index (χ0v) is 17.1. The number of rotatable bonds is 6. The minimum Gasteiger partial charge on any atom is -0.495 e. The van der Waals surface area contributed by atoms with Crippen molar-refractivity contribution in [1.82, 2.24) is 24.6 Å². The number of ether oxygens (including phenoxy) is 1. The molecule has 3 heterocycles. The Bertz CT molecular complexity index is 987. The summed E-state index contributed by atoms with van der Waals surface area (Å²) in [6.45, 7) is 7.74. The van der Waals surface area contributed by atoms with Crippen LogP contribution in [0.1, 0.15) is 21.7 Å². The number of hydrogen-bond acceptors (Lipinski definition) is 6. The third-order valence-corrected chi connectivity index (χ3v) is 5.51. The molecule has 0 saturated carbocycles. The number of nitrogens with one attached hydrogen (secondary N) is 1. The molecule has 8 heteroatoms.